The number of carbonyl (C=O) groups excluding carboxylic acids is 1. The molecule has 2 aromatic rings. The lowest BCUT2D eigenvalue weighted by Gasteiger charge is -2.31. The van der Waals surface area contributed by atoms with Crippen LogP contribution in [0.25, 0.3) is 0 Å². The van der Waals surface area contributed by atoms with Crippen LogP contribution in [-0.4, -0.2) is 45.3 Å². The van der Waals surface area contributed by atoms with Crippen LogP contribution >= 0.6 is 0 Å². The Balaban J connectivity index is 1.41. The van der Waals surface area contributed by atoms with Crippen LogP contribution in [-0.2, 0) is 7.05 Å². The van der Waals surface area contributed by atoms with Gasteiger partial charge in [-0.1, -0.05) is 12.1 Å². The summed E-state index contributed by atoms with van der Waals surface area (Å²) in [7, 11) is 1.97. The van der Waals surface area contributed by atoms with Crippen molar-refractivity contribution in [2.24, 2.45) is 13.0 Å². The molecular weight excluding hydrogens is 316 g/mol. The number of hydrogen-bond acceptors (Lipinski definition) is 4. The molecule has 132 valence electrons. The molecule has 1 saturated heterocycles. The van der Waals surface area contributed by atoms with Gasteiger partial charge in [0.15, 0.2) is 0 Å². The highest BCUT2D eigenvalue weighted by atomic mass is 16.5. The predicted octanol–water partition coefficient (Wildman–Crippen LogP) is 2.62. The largest absolute Gasteiger partial charge is 0.492 e. The Morgan fingerprint density at radius 2 is 1.96 bits per heavy atom. The van der Waals surface area contributed by atoms with Crippen molar-refractivity contribution >= 4 is 5.91 Å². The van der Waals surface area contributed by atoms with Crippen molar-refractivity contribution in [2.75, 3.05) is 19.7 Å². The number of benzene rings is 1. The van der Waals surface area contributed by atoms with Crippen molar-refractivity contribution in [3.05, 3.63) is 42.0 Å². The SMILES string of the molecule is Cn1cnnc1C1CCN(C(=O)c2ccccc2OCC2CC2)CC1. The first kappa shape index (κ1) is 16.1. The number of hydrogen-bond donors (Lipinski definition) is 0. The number of piperidine rings is 1. The molecule has 1 aromatic carbocycles. The molecule has 6 heteroatoms. The quantitative estimate of drug-likeness (QED) is 0.839. The van der Waals surface area contributed by atoms with Gasteiger partial charge in [0.25, 0.3) is 5.91 Å². The van der Waals surface area contributed by atoms with E-state index in [1.807, 2.05) is 40.8 Å². The molecule has 25 heavy (non-hydrogen) atoms. The third-order valence-electron chi connectivity index (χ3n) is 5.18. The first-order valence-corrected chi connectivity index (χ1v) is 9.07. The van der Waals surface area contributed by atoms with Crippen LogP contribution < -0.4 is 4.74 Å². The highest BCUT2D eigenvalue weighted by Gasteiger charge is 2.28. The zero-order valence-electron chi connectivity index (χ0n) is 14.6. The summed E-state index contributed by atoms with van der Waals surface area (Å²) in [5.41, 5.74) is 0.681. The topological polar surface area (TPSA) is 60.2 Å². The van der Waals surface area contributed by atoms with E-state index in [2.05, 4.69) is 10.2 Å². The van der Waals surface area contributed by atoms with E-state index in [1.165, 1.54) is 12.8 Å². The molecule has 0 bridgehead atoms. The van der Waals surface area contributed by atoms with Crippen LogP contribution in [0.15, 0.2) is 30.6 Å². The lowest BCUT2D eigenvalue weighted by atomic mass is 9.95. The van der Waals surface area contributed by atoms with Gasteiger partial charge in [-0.25, -0.2) is 0 Å². The van der Waals surface area contributed by atoms with Crippen molar-refractivity contribution in [3.63, 3.8) is 0 Å². The lowest BCUT2D eigenvalue weighted by molar-refractivity contribution is 0.0705. The molecule has 1 saturated carbocycles. The Morgan fingerprint density at radius 3 is 2.64 bits per heavy atom. The number of carbonyl (C=O) groups is 1. The van der Waals surface area contributed by atoms with Crippen LogP contribution in [0, 0.1) is 5.92 Å². The maximum Gasteiger partial charge on any atom is 0.257 e. The molecule has 0 spiro atoms. The van der Waals surface area contributed by atoms with E-state index in [-0.39, 0.29) is 5.91 Å². The van der Waals surface area contributed by atoms with Crippen LogP contribution in [0.5, 0.6) is 5.75 Å². The summed E-state index contributed by atoms with van der Waals surface area (Å²) in [6.45, 7) is 2.21. The third-order valence-corrected chi connectivity index (χ3v) is 5.18. The Kier molecular flexibility index (Phi) is 4.42. The second-order valence-electron chi connectivity index (χ2n) is 7.12. The molecule has 0 radical (unpaired) electrons. The van der Waals surface area contributed by atoms with Gasteiger partial charge in [0.2, 0.25) is 0 Å². The second-order valence-corrected chi connectivity index (χ2v) is 7.12. The van der Waals surface area contributed by atoms with Gasteiger partial charge in [0.05, 0.1) is 12.2 Å². The van der Waals surface area contributed by atoms with E-state index in [0.29, 0.717) is 17.4 Å². The monoisotopic (exact) mass is 340 g/mol. The van der Waals surface area contributed by atoms with E-state index in [0.717, 1.165) is 44.1 Å². The predicted molar refractivity (Wildman–Crippen MR) is 93.5 cm³/mol. The van der Waals surface area contributed by atoms with Gasteiger partial charge in [-0.2, -0.15) is 0 Å². The van der Waals surface area contributed by atoms with Gasteiger partial charge in [-0.3, -0.25) is 4.79 Å². The Bertz CT molecular complexity index is 745. The number of nitrogens with zero attached hydrogens (tertiary/aromatic N) is 4. The highest BCUT2D eigenvalue weighted by molar-refractivity contribution is 5.97. The van der Waals surface area contributed by atoms with Crippen molar-refractivity contribution in [3.8, 4) is 5.75 Å². The van der Waals surface area contributed by atoms with Crippen molar-refractivity contribution in [1.82, 2.24) is 19.7 Å². The first-order chi connectivity index (χ1) is 12.2. The number of aryl methyl sites for hydroxylation is 1. The van der Waals surface area contributed by atoms with E-state index in [4.69, 9.17) is 4.74 Å². The Morgan fingerprint density at radius 1 is 1.20 bits per heavy atom. The smallest absolute Gasteiger partial charge is 0.257 e. The first-order valence-electron chi connectivity index (χ1n) is 9.07. The normalized spacial score (nSPS) is 18.4. The number of likely N-dealkylation sites (tertiary alicyclic amines) is 1. The molecule has 4 rings (SSSR count). The van der Waals surface area contributed by atoms with Gasteiger partial charge in [0, 0.05) is 26.1 Å². The van der Waals surface area contributed by atoms with Gasteiger partial charge in [-0.15, -0.1) is 10.2 Å². The van der Waals surface area contributed by atoms with Gasteiger partial charge < -0.3 is 14.2 Å². The van der Waals surface area contributed by atoms with Crippen molar-refractivity contribution in [1.29, 1.82) is 0 Å². The minimum absolute atomic E-state index is 0.0720. The molecule has 1 amide bonds. The molecule has 1 aliphatic heterocycles. The Labute approximate surface area is 147 Å². The minimum Gasteiger partial charge on any atom is -0.492 e. The standard InChI is InChI=1S/C19H24N4O2/c1-22-13-20-21-18(22)15-8-10-23(11-9-15)19(24)16-4-2-3-5-17(16)25-12-14-6-7-14/h2-5,13-15H,6-12H2,1H3. The molecule has 2 aliphatic rings. The summed E-state index contributed by atoms with van der Waals surface area (Å²) in [5.74, 6) is 2.85. The van der Waals surface area contributed by atoms with E-state index < -0.39 is 0 Å². The Hall–Kier alpha value is -2.37. The van der Waals surface area contributed by atoms with Gasteiger partial charge >= 0.3 is 0 Å². The van der Waals surface area contributed by atoms with Crippen LogP contribution in [0.2, 0.25) is 0 Å². The number of para-hydroxylation sites is 1. The van der Waals surface area contributed by atoms with E-state index >= 15 is 0 Å². The fourth-order valence-electron chi connectivity index (χ4n) is 3.43. The molecule has 1 aromatic heterocycles. The average molecular weight is 340 g/mol. The zero-order chi connectivity index (χ0) is 17.2. The van der Waals surface area contributed by atoms with Crippen LogP contribution in [0.4, 0.5) is 0 Å². The van der Waals surface area contributed by atoms with Gasteiger partial charge in [0.1, 0.15) is 17.9 Å². The second kappa shape index (κ2) is 6.86. The molecular formula is C19H24N4O2. The summed E-state index contributed by atoms with van der Waals surface area (Å²) < 4.78 is 7.88. The molecule has 0 atom stereocenters. The van der Waals surface area contributed by atoms with Crippen LogP contribution in [0.3, 0.4) is 0 Å². The molecule has 2 fully saturated rings. The molecule has 0 unspecified atom stereocenters. The fourth-order valence-corrected chi connectivity index (χ4v) is 3.43. The average Bonchev–Trinajstić information content (AvgIpc) is 3.39. The number of amides is 1. The van der Waals surface area contributed by atoms with Crippen molar-refractivity contribution < 1.29 is 9.53 Å². The maximum atomic E-state index is 13.0. The van der Waals surface area contributed by atoms with Crippen molar-refractivity contribution in [2.45, 2.75) is 31.6 Å². The van der Waals surface area contributed by atoms with E-state index in [1.54, 1.807) is 6.33 Å². The zero-order valence-corrected chi connectivity index (χ0v) is 14.6. The molecule has 2 heterocycles. The lowest BCUT2D eigenvalue weighted by Crippen LogP contribution is -2.38. The third kappa shape index (κ3) is 3.52. The number of aromatic nitrogens is 3. The maximum absolute atomic E-state index is 13.0. The molecule has 6 nitrogen and oxygen atoms in total. The summed E-state index contributed by atoms with van der Waals surface area (Å²) >= 11 is 0. The highest BCUT2D eigenvalue weighted by Crippen LogP contribution is 2.31. The summed E-state index contributed by atoms with van der Waals surface area (Å²) in [4.78, 5) is 14.9. The molecule has 1 aliphatic carbocycles. The number of ether oxygens (including phenoxy) is 1. The summed E-state index contributed by atoms with van der Waals surface area (Å²) in [5, 5.41) is 8.18. The summed E-state index contributed by atoms with van der Waals surface area (Å²) in [6.07, 6.45) is 6.06. The summed E-state index contributed by atoms with van der Waals surface area (Å²) in [6, 6.07) is 7.62. The van der Waals surface area contributed by atoms with E-state index in [9.17, 15) is 4.79 Å². The fraction of sp³-hybridized carbons (Fsp3) is 0.526. The van der Waals surface area contributed by atoms with Gasteiger partial charge in [-0.05, 0) is 43.7 Å². The minimum atomic E-state index is 0.0720. The number of rotatable bonds is 5. The van der Waals surface area contributed by atoms with Crippen LogP contribution in [0.1, 0.15) is 47.8 Å². The molecule has 0 N–H and O–H groups in total.